The van der Waals surface area contributed by atoms with Gasteiger partial charge in [0.05, 0.1) is 11.6 Å². The second-order valence-electron chi connectivity index (χ2n) is 4.33. The van der Waals surface area contributed by atoms with Crippen LogP contribution in [0.5, 0.6) is 5.75 Å². The number of rotatable bonds is 8. The second-order valence-corrected chi connectivity index (χ2v) is 5.18. The standard InChI is InChI=1S/C14H18Cl2O3/c1-2-3-4-5-6-7-19-13-11(14(17)18)8-10(15)9-12(13)16/h8-9H,2-7H2,1H3,(H,17,18). The first-order valence-electron chi connectivity index (χ1n) is 6.41. The molecule has 0 heterocycles. The molecule has 0 saturated heterocycles. The molecular weight excluding hydrogens is 287 g/mol. The molecule has 3 nitrogen and oxygen atoms in total. The van der Waals surface area contributed by atoms with Gasteiger partial charge in [-0.25, -0.2) is 4.79 Å². The Bertz CT molecular complexity index is 433. The Balaban J connectivity index is 2.59. The van der Waals surface area contributed by atoms with E-state index in [1.54, 1.807) is 0 Å². The quantitative estimate of drug-likeness (QED) is 0.684. The highest BCUT2D eigenvalue weighted by molar-refractivity contribution is 6.36. The first-order valence-corrected chi connectivity index (χ1v) is 7.17. The van der Waals surface area contributed by atoms with E-state index in [0.717, 1.165) is 12.8 Å². The summed E-state index contributed by atoms with van der Waals surface area (Å²) in [5, 5.41) is 9.61. The lowest BCUT2D eigenvalue weighted by Crippen LogP contribution is -2.05. The topological polar surface area (TPSA) is 46.5 Å². The smallest absolute Gasteiger partial charge is 0.339 e. The van der Waals surface area contributed by atoms with Crippen LogP contribution in [0.3, 0.4) is 0 Å². The van der Waals surface area contributed by atoms with Crippen molar-refractivity contribution in [1.29, 1.82) is 0 Å². The van der Waals surface area contributed by atoms with Gasteiger partial charge in [0.1, 0.15) is 5.56 Å². The molecular formula is C14H18Cl2O3. The number of ether oxygens (including phenoxy) is 1. The number of aromatic carboxylic acids is 1. The summed E-state index contributed by atoms with van der Waals surface area (Å²) in [4.78, 5) is 11.1. The van der Waals surface area contributed by atoms with Gasteiger partial charge in [0.2, 0.25) is 0 Å². The van der Waals surface area contributed by atoms with Crippen LogP contribution < -0.4 is 4.74 Å². The van der Waals surface area contributed by atoms with E-state index < -0.39 is 5.97 Å². The van der Waals surface area contributed by atoms with E-state index in [9.17, 15) is 4.79 Å². The fourth-order valence-electron chi connectivity index (χ4n) is 1.75. The summed E-state index contributed by atoms with van der Waals surface area (Å²) in [6.07, 6.45) is 5.52. The first kappa shape index (κ1) is 16.1. The van der Waals surface area contributed by atoms with E-state index in [1.165, 1.54) is 31.4 Å². The molecule has 0 aliphatic carbocycles. The molecule has 19 heavy (non-hydrogen) atoms. The molecule has 0 aromatic heterocycles. The lowest BCUT2D eigenvalue weighted by atomic mass is 10.1. The van der Waals surface area contributed by atoms with Crippen molar-refractivity contribution in [3.8, 4) is 5.75 Å². The maximum atomic E-state index is 11.1. The Hall–Kier alpha value is -0.930. The molecule has 1 rings (SSSR count). The highest BCUT2D eigenvalue weighted by Crippen LogP contribution is 2.32. The zero-order chi connectivity index (χ0) is 14.3. The van der Waals surface area contributed by atoms with Crippen molar-refractivity contribution in [3.63, 3.8) is 0 Å². The minimum atomic E-state index is -1.09. The molecule has 1 aromatic rings. The van der Waals surface area contributed by atoms with E-state index in [-0.39, 0.29) is 21.4 Å². The average Bonchev–Trinajstić information content (AvgIpc) is 2.34. The van der Waals surface area contributed by atoms with E-state index >= 15 is 0 Å². The first-order chi connectivity index (χ1) is 9.06. The van der Waals surface area contributed by atoms with Gasteiger partial charge >= 0.3 is 5.97 Å². The molecule has 0 amide bonds. The third-order valence-corrected chi connectivity index (χ3v) is 3.23. The molecule has 5 heteroatoms. The maximum absolute atomic E-state index is 11.1. The van der Waals surface area contributed by atoms with Crippen LogP contribution in [-0.2, 0) is 0 Å². The van der Waals surface area contributed by atoms with E-state index in [0.29, 0.717) is 6.61 Å². The summed E-state index contributed by atoms with van der Waals surface area (Å²) in [5.41, 5.74) is 0.00561. The predicted octanol–water partition coefficient (Wildman–Crippen LogP) is 5.04. The highest BCUT2D eigenvalue weighted by Gasteiger charge is 2.16. The maximum Gasteiger partial charge on any atom is 0.339 e. The molecule has 0 aliphatic heterocycles. The van der Waals surface area contributed by atoms with Gasteiger partial charge < -0.3 is 9.84 Å². The van der Waals surface area contributed by atoms with Gasteiger partial charge in [0.25, 0.3) is 0 Å². The number of carboxylic acids is 1. The molecule has 106 valence electrons. The van der Waals surface area contributed by atoms with Crippen LogP contribution in [0, 0.1) is 0 Å². The van der Waals surface area contributed by atoms with Gasteiger partial charge in [-0.1, -0.05) is 55.8 Å². The fourth-order valence-corrected chi connectivity index (χ4v) is 2.29. The Kier molecular flexibility index (Phi) is 7.03. The predicted molar refractivity (Wildman–Crippen MR) is 77.7 cm³/mol. The van der Waals surface area contributed by atoms with Gasteiger partial charge in [-0.05, 0) is 18.6 Å². The van der Waals surface area contributed by atoms with Crippen molar-refractivity contribution in [1.82, 2.24) is 0 Å². The fraction of sp³-hybridized carbons (Fsp3) is 0.500. The van der Waals surface area contributed by atoms with E-state index in [1.807, 2.05) is 0 Å². The van der Waals surface area contributed by atoms with Gasteiger partial charge in [-0.3, -0.25) is 0 Å². The number of benzene rings is 1. The summed E-state index contributed by atoms with van der Waals surface area (Å²) >= 11 is 11.7. The zero-order valence-corrected chi connectivity index (χ0v) is 12.4. The van der Waals surface area contributed by atoms with Crippen molar-refractivity contribution < 1.29 is 14.6 Å². The second kappa shape index (κ2) is 8.28. The number of hydrogen-bond donors (Lipinski definition) is 1. The minimum Gasteiger partial charge on any atom is -0.491 e. The molecule has 0 saturated carbocycles. The van der Waals surface area contributed by atoms with Crippen LogP contribution in [0.15, 0.2) is 12.1 Å². The van der Waals surface area contributed by atoms with Crippen molar-refractivity contribution in [3.05, 3.63) is 27.7 Å². The van der Waals surface area contributed by atoms with Crippen LogP contribution in [0.4, 0.5) is 0 Å². The number of halogens is 2. The van der Waals surface area contributed by atoms with Crippen LogP contribution in [0.25, 0.3) is 0 Å². The molecule has 0 spiro atoms. The molecule has 0 fully saturated rings. The summed E-state index contributed by atoms with van der Waals surface area (Å²) in [6.45, 7) is 2.62. The normalized spacial score (nSPS) is 10.5. The molecule has 0 radical (unpaired) electrons. The molecule has 0 atom stereocenters. The minimum absolute atomic E-state index is 0.00561. The van der Waals surface area contributed by atoms with Crippen molar-refractivity contribution in [2.75, 3.05) is 6.61 Å². The van der Waals surface area contributed by atoms with Gasteiger partial charge in [-0.15, -0.1) is 0 Å². The third-order valence-electron chi connectivity index (χ3n) is 2.73. The van der Waals surface area contributed by atoms with E-state index in [4.69, 9.17) is 33.0 Å². The number of unbranched alkanes of at least 4 members (excludes halogenated alkanes) is 4. The molecule has 0 bridgehead atoms. The number of carbonyl (C=O) groups is 1. The van der Waals surface area contributed by atoms with Crippen LogP contribution in [0.1, 0.15) is 49.4 Å². The summed E-state index contributed by atoms with van der Waals surface area (Å²) in [5.74, 6) is -0.889. The van der Waals surface area contributed by atoms with Crippen molar-refractivity contribution in [2.24, 2.45) is 0 Å². The molecule has 1 N–H and O–H groups in total. The SMILES string of the molecule is CCCCCCCOc1c(Cl)cc(Cl)cc1C(=O)O. The van der Waals surface area contributed by atoms with Gasteiger partial charge in [0, 0.05) is 5.02 Å². The van der Waals surface area contributed by atoms with Gasteiger partial charge in [0.15, 0.2) is 5.75 Å². The monoisotopic (exact) mass is 304 g/mol. The van der Waals surface area contributed by atoms with Crippen LogP contribution in [0.2, 0.25) is 10.0 Å². The zero-order valence-electron chi connectivity index (χ0n) is 10.9. The van der Waals surface area contributed by atoms with Crippen LogP contribution in [-0.4, -0.2) is 17.7 Å². The summed E-state index contributed by atoms with van der Waals surface area (Å²) in [7, 11) is 0. The Morgan fingerprint density at radius 2 is 1.89 bits per heavy atom. The number of hydrogen-bond acceptors (Lipinski definition) is 2. The Morgan fingerprint density at radius 3 is 2.53 bits per heavy atom. The summed E-state index contributed by atoms with van der Waals surface area (Å²) < 4.78 is 5.49. The van der Waals surface area contributed by atoms with E-state index in [2.05, 4.69) is 6.92 Å². The lowest BCUT2D eigenvalue weighted by Gasteiger charge is -2.11. The van der Waals surface area contributed by atoms with Gasteiger partial charge in [-0.2, -0.15) is 0 Å². The molecule has 1 aromatic carbocycles. The Morgan fingerprint density at radius 1 is 1.21 bits per heavy atom. The van der Waals surface area contributed by atoms with Crippen LogP contribution >= 0.6 is 23.2 Å². The van der Waals surface area contributed by atoms with Crippen molar-refractivity contribution >= 4 is 29.2 Å². The largest absolute Gasteiger partial charge is 0.491 e. The summed E-state index contributed by atoms with van der Waals surface area (Å²) in [6, 6.07) is 2.84. The average molecular weight is 305 g/mol. The Labute approximate surface area is 123 Å². The third kappa shape index (κ3) is 5.29. The number of carboxylic acid groups (broad SMARTS) is 1. The van der Waals surface area contributed by atoms with Crippen molar-refractivity contribution in [2.45, 2.75) is 39.0 Å². The highest BCUT2D eigenvalue weighted by atomic mass is 35.5. The molecule has 0 aliphatic rings. The lowest BCUT2D eigenvalue weighted by molar-refractivity contribution is 0.0692. The molecule has 0 unspecified atom stereocenters.